The zero-order chi connectivity index (χ0) is 16.2. The van der Waals surface area contributed by atoms with Crippen LogP contribution in [0.5, 0.6) is 0 Å². The molecule has 0 bridgehead atoms. The summed E-state index contributed by atoms with van der Waals surface area (Å²) in [7, 11) is 1.85. The van der Waals surface area contributed by atoms with Gasteiger partial charge in [0.1, 0.15) is 5.69 Å². The third-order valence-corrected chi connectivity index (χ3v) is 5.62. The van der Waals surface area contributed by atoms with Gasteiger partial charge in [-0.15, -0.1) is 23.7 Å². The van der Waals surface area contributed by atoms with E-state index >= 15 is 0 Å². The lowest BCUT2D eigenvalue weighted by Crippen LogP contribution is -2.30. The van der Waals surface area contributed by atoms with Gasteiger partial charge in [-0.2, -0.15) is 0 Å². The average Bonchev–Trinajstić information content (AvgIpc) is 3.11. The Labute approximate surface area is 153 Å². The van der Waals surface area contributed by atoms with Crippen molar-refractivity contribution < 1.29 is 4.79 Å². The van der Waals surface area contributed by atoms with Crippen LogP contribution in [0.3, 0.4) is 0 Å². The summed E-state index contributed by atoms with van der Waals surface area (Å²) >= 11 is 1.62. The molecule has 1 aliphatic heterocycles. The van der Waals surface area contributed by atoms with Crippen molar-refractivity contribution in [2.24, 2.45) is 0 Å². The number of hydrogen-bond acceptors (Lipinski definition) is 4. The second-order valence-corrected chi connectivity index (χ2v) is 6.99. The first-order chi connectivity index (χ1) is 11.2. The van der Waals surface area contributed by atoms with Gasteiger partial charge in [-0.05, 0) is 38.4 Å². The standard InChI is InChI=1S/C18H23N3OS.ClH/c1-13(14-6-4-3-5-7-14)21(2)18(22)16-12-23-17(20-16)15-8-10-19-11-9-15;/h3-7,12-13,15,19H,8-11H2,1-2H3;1H. The van der Waals surface area contributed by atoms with Crippen LogP contribution in [0.15, 0.2) is 35.7 Å². The number of thiazole rings is 1. The van der Waals surface area contributed by atoms with E-state index in [-0.39, 0.29) is 24.4 Å². The molecule has 2 aromatic rings. The maximum atomic E-state index is 12.7. The quantitative estimate of drug-likeness (QED) is 0.894. The van der Waals surface area contributed by atoms with Gasteiger partial charge in [0.2, 0.25) is 0 Å². The molecular formula is C18H24ClN3OS. The molecule has 24 heavy (non-hydrogen) atoms. The van der Waals surface area contributed by atoms with Crippen LogP contribution in [0.2, 0.25) is 0 Å². The van der Waals surface area contributed by atoms with E-state index in [9.17, 15) is 4.79 Å². The molecule has 0 spiro atoms. The summed E-state index contributed by atoms with van der Waals surface area (Å²) in [5, 5.41) is 6.38. The molecule has 1 fully saturated rings. The summed E-state index contributed by atoms with van der Waals surface area (Å²) in [4.78, 5) is 19.1. The van der Waals surface area contributed by atoms with Crippen molar-refractivity contribution in [3.05, 3.63) is 52.0 Å². The van der Waals surface area contributed by atoms with Crippen molar-refractivity contribution in [1.29, 1.82) is 0 Å². The number of benzene rings is 1. The van der Waals surface area contributed by atoms with E-state index in [0.29, 0.717) is 11.6 Å². The summed E-state index contributed by atoms with van der Waals surface area (Å²) in [5.41, 5.74) is 1.71. The largest absolute Gasteiger partial charge is 0.334 e. The van der Waals surface area contributed by atoms with Crippen LogP contribution in [0, 0.1) is 0 Å². The minimum absolute atomic E-state index is 0. The van der Waals surface area contributed by atoms with Gasteiger partial charge in [-0.25, -0.2) is 4.98 Å². The van der Waals surface area contributed by atoms with Crippen LogP contribution >= 0.6 is 23.7 Å². The highest BCUT2D eigenvalue weighted by molar-refractivity contribution is 7.09. The molecule has 2 heterocycles. The van der Waals surface area contributed by atoms with Crippen LogP contribution in [-0.4, -0.2) is 35.9 Å². The Morgan fingerprint density at radius 3 is 2.62 bits per heavy atom. The molecule has 0 aliphatic carbocycles. The highest BCUT2D eigenvalue weighted by Crippen LogP contribution is 2.29. The fraction of sp³-hybridized carbons (Fsp3) is 0.444. The Balaban J connectivity index is 0.00000208. The van der Waals surface area contributed by atoms with Crippen LogP contribution < -0.4 is 5.32 Å². The number of piperidine rings is 1. The SMILES string of the molecule is CC(c1ccccc1)N(C)C(=O)c1csc(C2CCNCC2)n1.Cl. The monoisotopic (exact) mass is 365 g/mol. The Bertz CT molecular complexity index is 655. The Morgan fingerprint density at radius 1 is 1.29 bits per heavy atom. The van der Waals surface area contributed by atoms with Crippen LogP contribution in [0.25, 0.3) is 0 Å². The number of nitrogens with zero attached hydrogens (tertiary/aromatic N) is 2. The molecule has 0 radical (unpaired) electrons. The molecule has 1 N–H and O–H groups in total. The molecule has 1 amide bonds. The van der Waals surface area contributed by atoms with E-state index < -0.39 is 0 Å². The van der Waals surface area contributed by atoms with Crippen molar-refractivity contribution in [1.82, 2.24) is 15.2 Å². The summed E-state index contributed by atoms with van der Waals surface area (Å²) < 4.78 is 0. The average molecular weight is 366 g/mol. The van der Waals surface area contributed by atoms with Crippen molar-refractivity contribution in [3.63, 3.8) is 0 Å². The summed E-state index contributed by atoms with van der Waals surface area (Å²) in [5.74, 6) is 0.498. The van der Waals surface area contributed by atoms with Gasteiger partial charge in [0.25, 0.3) is 5.91 Å². The van der Waals surface area contributed by atoms with Gasteiger partial charge in [0.05, 0.1) is 11.0 Å². The summed E-state index contributed by atoms with van der Waals surface area (Å²) in [6, 6.07) is 10.1. The maximum absolute atomic E-state index is 12.7. The third kappa shape index (κ3) is 4.15. The molecule has 1 unspecified atom stereocenters. The van der Waals surface area contributed by atoms with E-state index in [1.807, 2.05) is 37.6 Å². The molecule has 1 atom stereocenters. The van der Waals surface area contributed by atoms with E-state index in [2.05, 4.69) is 22.4 Å². The summed E-state index contributed by atoms with van der Waals surface area (Å²) in [6.07, 6.45) is 2.22. The lowest BCUT2D eigenvalue weighted by molar-refractivity contribution is 0.0737. The lowest BCUT2D eigenvalue weighted by Gasteiger charge is -2.24. The summed E-state index contributed by atoms with van der Waals surface area (Å²) in [6.45, 7) is 4.13. The van der Waals surface area contributed by atoms with Crippen molar-refractivity contribution in [2.45, 2.75) is 31.7 Å². The minimum Gasteiger partial charge on any atom is -0.334 e. The van der Waals surface area contributed by atoms with E-state index in [4.69, 9.17) is 0 Å². The van der Waals surface area contributed by atoms with E-state index in [0.717, 1.165) is 36.5 Å². The van der Waals surface area contributed by atoms with Crippen molar-refractivity contribution >= 4 is 29.7 Å². The molecule has 3 rings (SSSR count). The number of nitrogens with one attached hydrogen (secondary N) is 1. The number of carbonyl (C=O) groups is 1. The predicted octanol–water partition coefficient (Wildman–Crippen LogP) is 3.87. The van der Waals surface area contributed by atoms with Crippen LogP contribution in [-0.2, 0) is 0 Å². The van der Waals surface area contributed by atoms with Gasteiger partial charge < -0.3 is 10.2 Å². The zero-order valence-electron chi connectivity index (χ0n) is 14.1. The molecular weight excluding hydrogens is 342 g/mol. The Hall–Kier alpha value is -1.43. The zero-order valence-corrected chi connectivity index (χ0v) is 15.7. The fourth-order valence-corrected chi connectivity index (χ4v) is 3.92. The molecule has 0 saturated carbocycles. The van der Waals surface area contributed by atoms with Gasteiger partial charge in [0.15, 0.2) is 0 Å². The van der Waals surface area contributed by atoms with Crippen molar-refractivity contribution in [2.75, 3.05) is 20.1 Å². The molecule has 6 heteroatoms. The fourth-order valence-electron chi connectivity index (χ4n) is 2.95. The molecule has 130 valence electrons. The molecule has 1 saturated heterocycles. The third-order valence-electron chi connectivity index (χ3n) is 4.61. The maximum Gasteiger partial charge on any atom is 0.273 e. The number of halogens is 1. The second kappa shape index (κ2) is 8.60. The van der Waals surface area contributed by atoms with Gasteiger partial charge in [-0.1, -0.05) is 30.3 Å². The molecule has 1 aromatic heterocycles. The second-order valence-electron chi connectivity index (χ2n) is 6.10. The van der Waals surface area contributed by atoms with Gasteiger partial charge in [-0.3, -0.25) is 4.79 Å². The van der Waals surface area contributed by atoms with E-state index in [1.54, 1.807) is 16.2 Å². The number of hydrogen-bond donors (Lipinski definition) is 1. The topological polar surface area (TPSA) is 45.2 Å². The predicted molar refractivity (Wildman–Crippen MR) is 101 cm³/mol. The van der Waals surface area contributed by atoms with Gasteiger partial charge in [0, 0.05) is 18.3 Å². The normalized spacial score (nSPS) is 16.2. The molecule has 4 nitrogen and oxygen atoms in total. The first-order valence-electron chi connectivity index (χ1n) is 8.15. The highest BCUT2D eigenvalue weighted by Gasteiger charge is 2.24. The highest BCUT2D eigenvalue weighted by atomic mass is 35.5. The Kier molecular flexibility index (Phi) is 6.78. The lowest BCUT2D eigenvalue weighted by atomic mass is 9.99. The molecule has 1 aliphatic rings. The van der Waals surface area contributed by atoms with E-state index in [1.165, 1.54) is 0 Å². The first-order valence-corrected chi connectivity index (χ1v) is 9.03. The smallest absolute Gasteiger partial charge is 0.273 e. The van der Waals surface area contributed by atoms with Gasteiger partial charge >= 0.3 is 0 Å². The minimum atomic E-state index is -0.00205. The Morgan fingerprint density at radius 2 is 1.96 bits per heavy atom. The number of carbonyl (C=O) groups excluding carboxylic acids is 1. The number of rotatable bonds is 4. The number of aromatic nitrogens is 1. The van der Waals surface area contributed by atoms with Crippen LogP contribution in [0.1, 0.15) is 52.8 Å². The number of amides is 1. The first kappa shape index (κ1) is 18.9. The van der Waals surface area contributed by atoms with Crippen LogP contribution in [0.4, 0.5) is 0 Å². The van der Waals surface area contributed by atoms with Crippen molar-refractivity contribution in [3.8, 4) is 0 Å². The molecule has 1 aromatic carbocycles.